The van der Waals surface area contributed by atoms with Crippen molar-refractivity contribution in [3.63, 3.8) is 0 Å². The van der Waals surface area contributed by atoms with E-state index in [2.05, 4.69) is 11.9 Å². The highest BCUT2D eigenvalue weighted by atomic mass is 16.5. The van der Waals surface area contributed by atoms with E-state index >= 15 is 0 Å². The molecular weight excluding hydrogens is 642 g/mol. The average Bonchev–Trinajstić information content (AvgIpc) is 3.36. The number of amides is 4. The minimum atomic E-state index is -0.821. The fraction of sp³-hybridized carbons (Fsp3) is 0.293. The second-order valence-corrected chi connectivity index (χ2v) is 13.5. The number of aromatic nitrogens is 2. The lowest BCUT2D eigenvalue weighted by Crippen LogP contribution is -2.39. The zero-order valence-electron chi connectivity index (χ0n) is 29.9. The number of aryl methyl sites for hydroxylation is 1. The van der Waals surface area contributed by atoms with Crippen LogP contribution in [-0.4, -0.2) is 39.4 Å². The van der Waals surface area contributed by atoms with Gasteiger partial charge in [-0.15, -0.1) is 0 Å². The Kier molecular flexibility index (Phi) is 9.78. The Hall–Kier alpha value is -5.77. The summed E-state index contributed by atoms with van der Waals surface area (Å²) in [7, 11) is 1.57. The molecule has 3 aromatic carbocycles. The largest absolute Gasteiger partial charge is 0.497 e. The van der Waals surface area contributed by atoms with Crippen LogP contribution in [0.3, 0.4) is 0 Å². The number of benzene rings is 3. The summed E-state index contributed by atoms with van der Waals surface area (Å²) >= 11 is 0. The highest BCUT2D eigenvalue weighted by molar-refractivity contribution is 6.21. The summed E-state index contributed by atoms with van der Waals surface area (Å²) in [6, 6.07) is 20.9. The number of anilines is 2. The monoisotopic (exact) mass is 685 g/mol. The number of methoxy groups -OCH3 is 1. The predicted octanol–water partition coefficient (Wildman–Crippen LogP) is 8.13. The number of nitrogens with two attached hydrogens (primary N) is 1. The Balaban J connectivity index is 1.64. The first-order chi connectivity index (χ1) is 24.5. The number of imide groups is 1. The minimum Gasteiger partial charge on any atom is -0.497 e. The predicted molar refractivity (Wildman–Crippen MR) is 200 cm³/mol. The molecule has 4 amide bonds. The molecule has 0 bridgehead atoms. The lowest BCUT2D eigenvalue weighted by Gasteiger charge is -2.32. The molecule has 5 aromatic rings. The van der Waals surface area contributed by atoms with Gasteiger partial charge in [0.05, 0.1) is 30.5 Å². The third-order valence-corrected chi connectivity index (χ3v) is 9.45. The van der Waals surface area contributed by atoms with E-state index < -0.39 is 11.6 Å². The summed E-state index contributed by atoms with van der Waals surface area (Å²) in [5, 5.41) is 0.683. The number of hydrogen-bond donors (Lipinski definition) is 1. The maximum Gasteiger partial charge on any atom is 0.324 e. The van der Waals surface area contributed by atoms with Gasteiger partial charge < -0.3 is 10.5 Å². The summed E-state index contributed by atoms with van der Waals surface area (Å²) < 4.78 is 7.21. The minimum absolute atomic E-state index is 0.0448. The van der Waals surface area contributed by atoms with Gasteiger partial charge in [-0.05, 0) is 76.9 Å². The molecule has 10 heteroatoms. The van der Waals surface area contributed by atoms with Crippen molar-refractivity contribution in [3.8, 4) is 16.9 Å². The molecule has 6 rings (SSSR count). The van der Waals surface area contributed by atoms with Gasteiger partial charge in [0.1, 0.15) is 17.1 Å². The van der Waals surface area contributed by atoms with Crippen molar-refractivity contribution >= 4 is 40.3 Å². The van der Waals surface area contributed by atoms with Gasteiger partial charge in [0.25, 0.3) is 17.4 Å². The summed E-state index contributed by atoms with van der Waals surface area (Å²) in [5.41, 5.74) is 11.2. The number of hydrogen-bond acceptors (Lipinski definition) is 6. The number of carbonyl (C=O) groups is 3. The van der Waals surface area contributed by atoms with E-state index in [9.17, 15) is 19.2 Å². The number of carbonyl (C=O) groups excluding carboxylic acids is 3. The van der Waals surface area contributed by atoms with Gasteiger partial charge in [-0.1, -0.05) is 77.4 Å². The lowest BCUT2D eigenvalue weighted by atomic mass is 9.88. The number of rotatable bonds is 11. The summed E-state index contributed by atoms with van der Waals surface area (Å²) in [6.45, 7) is 10.5. The molecule has 1 aliphatic heterocycles. The molecule has 0 spiro atoms. The molecule has 0 saturated heterocycles. The second kappa shape index (κ2) is 14.2. The molecule has 0 saturated carbocycles. The third kappa shape index (κ3) is 6.26. The summed E-state index contributed by atoms with van der Waals surface area (Å²) in [4.78, 5) is 62.9. The van der Waals surface area contributed by atoms with Gasteiger partial charge in [0.15, 0.2) is 0 Å². The number of ether oxygens (including phenoxy) is 1. The normalized spacial score (nSPS) is 12.7. The van der Waals surface area contributed by atoms with Crippen molar-refractivity contribution < 1.29 is 19.1 Å². The van der Waals surface area contributed by atoms with Crippen LogP contribution in [0.5, 0.6) is 5.75 Å². The van der Waals surface area contributed by atoms with Gasteiger partial charge in [-0.2, -0.15) is 0 Å². The van der Waals surface area contributed by atoms with E-state index in [1.54, 1.807) is 42.1 Å². The van der Waals surface area contributed by atoms with E-state index in [4.69, 9.17) is 10.5 Å². The van der Waals surface area contributed by atoms with Crippen LogP contribution in [0, 0.1) is 0 Å². The molecule has 51 heavy (non-hydrogen) atoms. The Labute approximate surface area is 297 Å². The van der Waals surface area contributed by atoms with E-state index in [-0.39, 0.29) is 35.9 Å². The average molecular weight is 686 g/mol. The topological polar surface area (TPSA) is 128 Å². The van der Waals surface area contributed by atoms with Crippen molar-refractivity contribution in [1.29, 1.82) is 0 Å². The molecular formula is C41H43N5O5. The Morgan fingerprint density at radius 3 is 2.08 bits per heavy atom. The molecule has 0 radical (unpaired) electrons. The number of fused-ring (bicyclic) bond motifs is 2. The highest BCUT2D eigenvalue weighted by Crippen LogP contribution is 2.44. The van der Waals surface area contributed by atoms with E-state index in [1.807, 2.05) is 76.2 Å². The first-order valence-corrected chi connectivity index (χ1v) is 17.4. The van der Waals surface area contributed by atoms with Crippen LogP contribution in [0.2, 0.25) is 0 Å². The molecule has 1 aliphatic rings. The van der Waals surface area contributed by atoms with Crippen LogP contribution in [0.1, 0.15) is 96.7 Å². The lowest BCUT2D eigenvalue weighted by molar-refractivity contribution is 0.0642. The molecule has 0 unspecified atom stereocenters. The number of unbranched alkanes of at least 4 members (excludes halogenated alkanes) is 1. The van der Waals surface area contributed by atoms with Crippen LogP contribution in [0.4, 0.5) is 16.2 Å². The van der Waals surface area contributed by atoms with Gasteiger partial charge in [-0.3, -0.25) is 28.8 Å². The first kappa shape index (κ1) is 35.1. The third-order valence-electron chi connectivity index (χ3n) is 9.45. The number of nitrogens with zero attached hydrogens (tertiary/aromatic N) is 4. The van der Waals surface area contributed by atoms with Gasteiger partial charge in [-0.25, -0.2) is 9.78 Å². The summed E-state index contributed by atoms with van der Waals surface area (Å²) in [5.74, 6) is -0.413. The van der Waals surface area contributed by atoms with Crippen LogP contribution in [0.15, 0.2) is 83.8 Å². The first-order valence-electron chi connectivity index (χ1n) is 17.4. The van der Waals surface area contributed by atoms with E-state index in [1.165, 1.54) is 9.80 Å². The van der Waals surface area contributed by atoms with Crippen LogP contribution < -0.4 is 20.9 Å². The Morgan fingerprint density at radius 1 is 0.863 bits per heavy atom. The molecule has 0 atom stereocenters. The maximum atomic E-state index is 15.0. The van der Waals surface area contributed by atoms with Crippen molar-refractivity contribution in [2.45, 2.75) is 72.4 Å². The van der Waals surface area contributed by atoms with Crippen LogP contribution in [-0.2, 0) is 13.1 Å². The van der Waals surface area contributed by atoms with E-state index in [0.29, 0.717) is 51.3 Å². The zero-order chi connectivity index (χ0) is 36.6. The van der Waals surface area contributed by atoms with Crippen molar-refractivity contribution in [2.75, 3.05) is 12.0 Å². The van der Waals surface area contributed by atoms with Gasteiger partial charge >= 0.3 is 6.03 Å². The highest BCUT2D eigenvalue weighted by Gasteiger charge is 2.36. The molecule has 0 fully saturated rings. The standard InChI is InChI=1S/C41H43N5O5/c1-7-8-19-44-37-31(17-12-18-43-37)34(27-13-11-14-28(22-27)51-6)36(40(44)49)46(41(42)50)35-32(24(2)3)20-26(21-33(35)25(4)5)23-45-38(47)29-15-9-10-16-30(29)39(45)48/h9-18,20-22,24-25H,7-8,19,23H2,1-6H3,(H2,42,50). The molecule has 10 nitrogen and oxygen atoms in total. The van der Waals surface area contributed by atoms with Crippen molar-refractivity contribution in [2.24, 2.45) is 5.73 Å². The molecule has 262 valence electrons. The Morgan fingerprint density at radius 2 is 1.51 bits per heavy atom. The number of urea groups is 1. The molecule has 2 N–H and O–H groups in total. The number of primary amides is 1. The Bertz CT molecular complexity index is 2170. The van der Waals surface area contributed by atoms with Crippen LogP contribution in [0.25, 0.3) is 22.2 Å². The molecule has 2 aromatic heterocycles. The second-order valence-electron chi connectivity index (χ2n) is 13.5. The SMILES string of the molecule is CCCCn1c(=O)c(N(C(N)=O)c2c(C(C)C)cc(CN3C(=O)c4ccccc4C3=O)cc2C(C)C)c(-c2cccc(OC)c2)c2cccnc21. The molecule has 0 aliphatic carbocycles. The quantitative estimate of drug-likeness (QED) is 0.140. The van der Waals surface area contributed by atoms with Crippen LogP contribution >= 0.6 is 0 Å². The van der Waals surface area contributed by atoms with Gasteiger partial charge in [0.2, 0.25) is 0 Å². The van der Waals surface area contributed by atoms with E-state index in [0.717, 1.165) is 29.5 Å². The maximum absolute atomic E-state index is 15.0. The fourth-order valence-electron chi connectivity index (χ4n) is 6.94. The summed E-state index contributed by atoms with van der Waals surface area (Å²) in [6.07, 6.45) is 3.23. The smallest absolute Gasteiger partial charge is 0.324 e. The van der Waals surface area contributed by atoms with Gasteiger partial charge in [0, 0.05) is 23.7 Å². The van der Waals surface area contributed by atoms with Crippen molar-refractivity contribution in [1.82, 2.24) is 14.5 Å². The molecule has 3 heterocycles. The van der Waals surface area contributed by atoms with Crippen molar-refractivity contribution in [3.05, 3.63) is 117 Å². The zero-order valence-corrected chi connectivity index (χ0v) is 29.9. The number of pyridine rings is 2. The fourth-order valence-corrected chi connectivity index (χ4v) is 6.94.